The van der Waals surface area contributed by atoms with Gasteiger partial charge in [-0.2, -0.15) is 0 Å². The van der Waals surface area contributed by atoms with Crippen molar-refractivity contribution in [1.82, 2.24) is 10.2 Å². The summed E-state index contributed by atoms with van der Waals surface area (Å²) in [5, 5.41) is 13.2. The number of phenolic OH excluding ortho intramolecular Hbond substituents is 1. The summed E-state index contributed by atoms with van der Waals surface area (Å²) in [5.41, 5.74) is 0.849. The molecule has 3 heteroatoms. The van der Waals surface area contributed by atoms with Crippen molar-refractivity contribution in [2.45, 2.75) is 25.4 Å². The molecule has 0 aromatic heterocycles. The Hall–Kier alpha value is -1.06. The lowest BCUT2D eigenvalue weighted by molar-refractivity contribution is 0.0668. The van der Waals surface area contributed by atoms with Crippen LogP contribution in [0.25, 0.3) is 0 Å². The van der Waals surface area contributed by atoms with E-state index in [1.165, 1.54) is 0 Å². The van der Waals surface area contributed by atoms with Gasteiger partial charge < -0.3 is 10.4 Å². The van der Waals surface area contributed by atoms with Gasteiger partial charge in [-0.25, -0.2) is 0 Å². The van der Waals surface area contributed by atoms with Crippen LogP contribution in [0.4, 0.5) is 0 Å². The Kier molecular flexibility index (Phi) is 2.91. The van der Waals surface area contributed by atoms with Crippen LogP contribution in [0.3, 0.4) is 0 Å². The number of rotatable bonds is 3. The van der Waals surface area contributed by atoms with Crippen LogP contribution in [0.1, 0.15) is 19.4 Å². The van der Waals surface area contributed by atoms with Gasteiger partial charge in [0, 0.05) is 30.2 Å². The van der Waals surface area contributed by atoms with Crippen molar-refractivity contribution in [3.63, 3.8) is 0 Å². The van der Waals surface area contributed by atoms with Crippen molar-refractivity contribution in [2.24, 2.45) is 0 Å². The smallest absolute Gasteiger partial charge is 0.120 e. The van der Waals surface area contributed by atoms with Crippen LogP contribution in [0.15, 0.2) is 24.3 Å². The van der Waals surface area contributed by atoms with Gasteiger partial charge in [0.25, 0.3) is 0 Å². The monoisotopic (exact) mass is 220 g/mol. The zero-order valence-corrected chi connectivity index (χ0v) is 10.2. The molecule has 1 aromatic carbocycles. The van der Waals surface area contributed by atoms with E-state index in [4.69, 9.17) is 0 Å². The Morgan fingerprint density at radius 3 is 2.44 bits per heavy atom. The van der Waals surface area contributed by atoms with Crippen LogP contribution in [-0.2, 0) is 5.54 Å². The van der Waals surface area contributed by atoms with Crippen molar-refractivity contribution < 1.29 is 5.11 Å². The molecule has 1 saturated heterocycles. The highest BCUT2D eigenvalue weighted by Crippen LogP contribution is 2.34. The van der Waals surface area contributed by atoms with Gasteiger partial charge >= 0.3 is 0 Å². The highest BCUT2D eigenvalue weighted by atomic mass is 16.3. The van der Waals surface area contributed by atoms with Crippen LogP contribution in [-0.4, -0.2) is 36.2 Å². The van der Waals surface area contributed by atoms with Gasteiger partial charge in [-0.05, 0) is 27.0 Å². The summed E-state index contributed by atoms with van der Waals surface area (Å²) in [5.74, 6) is 0.381. The average Bonchev–Trinajstić information content (AvgIpc) is 2.15. The second-order valence-corrected chi connectivity index (χ2v) is 5.00. The van der Waals surface area contributed by atoms with E-state index < -0.39 is 0 Å². The van der Waals surface area contributed by atoms with E-state index in [9.17, 15) is 5.11 Å². The predicted molar refractivity (Wildman–Crippen MR) is 65.6 cm³/mol. The summed E-state index contributed by atoms with van der Waals surface area (Å²) in [7, 11) is 2.12. The Morgan fingerprint density at radius 1 is 1.31 bits per heavy atom. The van der Waals surface area contributed by atoms with Gasteiger partial charge in [0.15, 0.2) is 0 Å². The quantitative estimate of drug-likeness (QED) is 0.811. The lowest BCUT2D eigenvalue weighted by Gasteiger charge is -2.45. The molecule has 1 heterocycles. The summed E-state index contributed by atoms with van der Waals surface area (Å²) < 4.78 is 0. The molecule has 3 nitrogen and oxygen atoms in total. The Bertz CT molecular complexity index is 372. The molecule has 0 amide bonds. The molecule has 0 atom stereocenters. The number of benzene rings is 1. The Morgan fingerprint density at radius 2 is 1.94 bits per heavy atom. The summed E-state index contributed by atoms with van der Waals surface area (Å²) in [6.45, 7) is 6.38. The molecular formula is C13H20N2O. The molecule has 1 aliphatic heterocycles. The topological polar surface area (TPSA) is 35.5 Å². The first-order chi connectivity index (χ1) is 7.53. The zero-order valence-electron chi connectivity index (χ0n) is 10.2. The van der Waals surface area contributed by atoms with Crippen LogP contribution < -0.4 is 5.32 Å². The summed E-state index contributed by atoms with van der Waals surface area (Å²) in [6.07, 6.45) is 0. The van der Waals surface area contributed by atoms with E-state index in [0.717, 1.165) is 18.7 Å². The summed E-state index contributed by atoms with van der Waals surface area (Å²) in [4.78, 5) is 2.33. The maximum absolute atomic E-state index is 9.93. The molecule has 1 fully saturated rings. The first kappa shape index (κ1) is 11.4. The first-order valence-electron chi connectivity index (χ1n) is 5.75. The largest absolute Gasteiger partial charge is 0.508 e. The van der Waals surface area contributed by atoms with E-state index in [1.807, 2.05) is 18.2 Å². The minimum absolute atomic E-state index is 0.141. The minimum atomic E-state index is -0.141. The molecule has 88 valence electrons. The third-order valence-corrected chi connectivity index (χ3v) is 3.75. The Labute approximate surface area is 97.1 Å². The molecule has 0 unspecified atom stereocenters. The fourth-order valence-corrected chi connectivity index (χ4v) is 2.18. The third kappa shape index (κ3) is 1.81. The number of nitrogens with one attached hydrogen (secondary N) is 1. The number of hydrogen-bond acceptors (Lipinski definition) is 3. The number of hydrogen-bond donors (Lipinski definition) is 2. The standard InChI is InChI=1S/C13H20N2O/c1-13(2,15(3)10-8-14-9-10)11-6-4-5-7-12(11)16/h4-7,10,14,16H,8-9H2,1-3H3. The minimum Gasteiger partial charge on any atom is -0.508 e. The number of para-hydroxylation sites is 1. The van der Waals surface area contributed by atoms with Gasteiger partial charge in [-0.3, -0.25) is 4.90 Å². The van der Waals surface area contributed by atoms with Crippen molar-refractivity contribution in [1.29, 1.82) is 0 Å². The maximum Gasteiger partial charge on any atom is 0.120 e. The second kappa shape index (κ2) is 4.07. The van der Waals surface area contributed by atoms with Crippen LogP contribution >= 0.6 is 0 Å². The van der Waals surface area contributed by atoms with Gasteiger partial charge in [0.2, 0.25) is 0 Å². The molecule has 0 radical (unpaired) electrons. The van der Waals surface area contributed by atoms with Crippen molar-refractivity contribution >= 4 is 0 Å². The van der Waals surface area contributed by atoms with Crippen molar-refractivity contribution in [3.05, 3.63) is 29.8 Å². The molecule has 0 saturated carbocycles. The maximum atomic E-state index is 9.93. The van der Waals surface area contributed by atoms with E-state index >= 15 is 0 Å². The van der Waals surface area contributed by atoms with E-state index in [-0.39, 0.29) is 5.54 Å². The van der Waals surface area contributed by atoms with Gasteiger partial charge in [0.05, 0.1) is 0 Å². The second-order valence-electron chi connectivity index (χ2n) is 5.00. The molecule has 0 spiro atoms. The molecule has 2 rings (SSSR count). The number of phenols is 1. The van der Waals surface area contributed by atoms with E-state index in [1.54, 1.807) is 6.07 Å². The highest BCUT2D eigenvalue weighted by Gasteiger charge is 2.35. The van der Waals surface area contributed by atoms with Crippen LogP contribution in [0, 0.1) is 0 Å². The normalized spacial score (nSPS) is 17.5. The number of likely N-dealkylation sites (N-methyl/N-ethyl adjacent to an activating group) is 1. The SMILES string of the molecule is CN(C1CNC1)C(C)(C)c1ccccc1O. The van der Waals surface area contributed by atoms with E-state index in [0.29, 0.717) is 11.8 Å². The molecule has 0 bridgehead atoms. The van der Waals surface area contributed by atoms with Crippen LogP contribution in [0.5, 0.6) is 5.75 Å². The zero-order chi connectivity index (χ0) is 11.8. The van der Waals surface area contributed by atoms with E-state index in [2.05, 4.69) is 31.1 Å². The predicted octanol–water partition coefficient (Wildman–Crippen LogP) is 1.53. The van der Waals surface area contributed by atoms with Gasteiger partial charge in [0.1, 0.15) is 5.75 Å². The van der Waals surface area contributed by atoms with Gasteiger partial charge in [-0.1, -0.05) is 18.2 Å². The summed E-state index contributed by atoms with van der Waals surface area (Å²) in [6, 6.07) is 8.15. The molecule has 1 aliphatic rings. The summed E-state index contributed by atoms with van der Waals surface area (Å²) >= 11 is 0. The third-order valence-electron chi connectivity index (χ3n) is 3.75. The van der Waals surface area contributed by atoms with Gasteiger partial charge in [-0.15, -0.1) is 0 Å². The van der Waals surface area contributed by atoms with Crippen molar-refractivity contribution in [3.8, 4) is 5.75 Å². The molecular weight excluding hydrogens is 200 g/mol. The fourth-order valence-electron chi connectivity index (χ4n) is 2.18. The number of nitrogens with zero attached hydrogens (tertiary/aromatic N) is 1. The lowest BCUT2D eigenvalue weighted by atomic mass is 9.89. The molecule has 1 aromatic rings. The van der Waals surface area contributed by atoms with Crippen LogP contribution in [0.2, 0.25) is 0 Å². The highest BCUT2D eigenvalue weighted by molar-refractivity contribution is 5.37. The average molecular weight is 220 g/mol. The fraction of sp³-hybridized carbons (Fsp3) is 0.538. The molecule has 0 aliphatic carbocycles. The Balaban J connectivity index is 2.26. The van der Waals surface area contributed by atoms with Crippen molar-refractivity contribution in [2.75, 3.05) is 20.1 Å². The first-order valence-corrected chi connectivity index (χ1v) is 5.75. The lowest BCUT2D eigenvalue weighted by Crippen LogP contribution is -2.60. The molecule has 2 N–H and O–H groups in total. The molecule has 16 heavy (non-hydrogen) atoms. The number of aromatic hydroxyl groups is 1.